The van der Waals surface area contributed by atoms with Crippen LogP contribution in [-0.4, -0.2) is 26.1 Å². The number of aromatic carboxylic acids is 1. The summed E-state index contributed by atoms with van der Waals surface area (Å²) >= 11 is 0.806. The van der Waals surface area contributed by atoms with Gasteiger partial charge in [0.2, 0.25) is 0 Å². The second-order valence-corrected chi connectivity index (χ2v) is 10.3. The van der Waals surface area contributed by atoms with Gasteiger partial charge in [0.15, 0.2) is 0 Å². The van der Waals surface area contributed by atoms with E-state index in [4.69, 9.17) is 5.11 Å². The van der Waals surface area contributed by atoms with Crippen LogP contribution in [0.1, 0.15) is 55.6 Å². The molecular formula is C27H22F5N3O5S. The molecule has 0 aliphatic heterocycles. The minimum Gasteiger partial charge on any atom is -0.478 e. The van der Waals surface area contributed by atoms with E-state index in [2.05, 4.69) is 5.32 Å². The van der Waals surface area contributed by atoms with Crippen LogP contribution in [0.2, 0.25) is 0 Å². The van der Waals surface area contributed by atoms with Crippen molar-refractivity contribution in [2.24, 2.45) is 7.05 Å². The van der Waals surface area contributed by atoms with Crippen molar-refractivity contribution < 1.29 is 36.6 Å². The van der Waals surface area contributed by atoms with Gasteiger partial charge in [-0.05, 0) is 47.5 Å². The van der Waals surface area contributed by atoms with Crippen LogP contribution in [0, 0.1) is 0 Å². The molecule has 216 valence electrons. The molecule has 14 heteroatoms. The van der Waals surface area contributed by atoms with Gasteiger partial charge in [0.05, 0.1) is 27.9 Å². The molecule has 0 bridgehead atoms. The van der Waals surface area contributed by atoms with E-state index in [1.165, 1.54) is 37.4 Å². The number of amides is 1. The van der Waals surface area contributed by atoms with E-state index in [0.29, 0.717) is 17.7 Å². The number of rotatable bonds is 8. The second-order valence-electron chi connectivity index (χ2n) is 9.22. The van der Waals surface area contributed by atoms with Gasteiger partial charge < -0.3 is 10.4 Å². The number of halogens is 5. The number of carboxylic acids is 1. The molecule has 0 aliphatic rings. The number of thiophene rings is 1. The van der Waals surface area contributed by atoms with Gasteiger partial charge in [-0.3, -0.25) is 18.7 Å². The van der Waals surface area contributed by atoms with Gasteiger partial charge in [0.25, 0.3) is 17.4 Å². The minimum atomic E-state index is -4.88. The Morgan fingerprint density at radius 3 is 2.17 bits per heavy atom. The quantitative estimate of drug-likeness (QED) is 0.280. The molecule has 8 nitrogen and oxygen atoms in total. The minimum absolute atomic E-state index is 0.0262. The number of carboxylic acid groups (broad SMARTS) is 1. The number of benzene rings is 2. The molecule has 2 aromatic heterocycles. The highest BCUT2D eigenvalue weighted by Crippen LogP contribution is 2.37. The van der Waals surface area contributed by atoms with E-state index in [-0.39, 0.29) is 32.8 Å². The van der Waals surface area contributed by atoms with Crippen LogP contribution in [0.4, 0.5) is 22.0 Å². The van der Waals surface area contributed by atoms with Gasteiger partial charge in [-0.15, -0.1) is 11.3 Å². The van der Waals surface area contributed by atoms with Crippen LogP contribution < -0.4 is 16.6 Å². The molecule has 1 amide bonds. The molecule has 0 atom stereocenters. The highest BCUT2D eigenvalue weighted by Gasteiger charge is 2.36. The molecule has 0 fully saturated rings. The molecule has 4 aromatic rings. The maximum Gasteiger partial charge on any atom is 0.416 e. The number of alkyl halides is 5. The van der Waals surface area contributed by atoms with E-state index in [1.807, 2.05) is 0 Å². The van der Waals surface area contributed by atoms with Crippen LogP contribution in [0.3, 0.4) is 0 Å². The predicted octanol–water partition coefficient (Wildman–Crippen LogP) is 4.96. The van der Waals surface area contributed by atoms with Crippen molar-refractivity contribution in [3.8, 4) is 0 Å². The van der Waals surface area contributed by atoms with Crippen LogP contribution >= 0.6 is 11.3 Å². The zero-order chi connectivity index (χ0) is 30.3. The van der Waals surface area contributed by atoms with Gasteiger partial charge in [-0.1, -0.05) is 19.1 Å². The third-order valence-electron chi connectivity index (χ3n) is 6.42. The van der Waals surface area contributed by atoms with Crippen LogP contribution in [0.5, 0.6) is 0 Å². The highest BCUT2D eigenvalue weighted by molar-refractivity contribution is 7.20. The van der Waals surface area contributed by atoms with Gasteiger partial charge in [0, 0.05) is 25.6 Å². The second kappa shape index (κ2) is 10.9. The number of hydrogen-bond donors (Lipinski definition) is 2. The highest BCUT2D eigenvalue weighted by atomic mass is 32.1. The lowest BCUT2D eigenvalue weighted by atomic mass is 9.99. The third-order valence-corrected chi connectivity index (χ3v) is 7.63. The van der Waals surface area contributed by atoms with E-state index in [1.54, 1.807) is 0 Å². The normalized spacial score (nSPS) is 12.1. The fraction of sp³-hybridized carbons (Fsp3) is 0.259. The molecule has 0 saturated heterocycles. The van der Waals surface area contributed by atoms with Crippen LogP contribution in [-0.2, 0) is 32.2 Å². The van der Waals surface area contributed by atoms with E-state index >= 15 is 0 Å². The molecule has 2 aromatic carbocycles. The standard InChI is InChI=1S/C27H22F5N3O5S/c1-3-26(28,29)17-8-15(9-18(10-17)27(30,31)32)12-33-21(36)20-11-19-22(37)35(25(40)34(2)23(19)41-20)13-14-4-6-16(7-5-14)24(38)39/h4-11H,3,12-13H2,1-2H3,(H,33,36)(H,38,39). The fourth-order valence-electron chi connectivity index (χ4n) is 4.11. The molecule has 4 rings (SSSR count). The van der Waals surface area contributed by atoms with E-state index in [9.17, 15) is 41.1 Å². The summed E-state index contributed by atoms with van der Waals surface area (Å²) in [6, 6.07) is 8.77. The lowest BCUT2D eigenvalue weighted by Crippen LogP contribution is -2.38. The molecule has 0 spiro atoms. The molecule has 0 saturated carbocycles. The summed E-state index contributed by atoms with van der Waals surface area (Å²) < 4.78 is 70.5. The predicted molar refractivity (Wildman–Crippen MR) is 141 cm³/mol. The smallest absolute Gasteiger partial charge is 0.416 e. The van der Waals surface area contributed by atoms with E-state index < -0.39 is 59.3 Å². The largest absolute Gasteiger partial charge is 0.478 e. The fourth-order valence-corrected chi connectivity index (χ4v) is 5.13. The van der Waals surface area contributed by atoms with Crippen molar-refractivity contribution in [3.05, 3.63) is 102 Å². The first-order valence-electron chi connectivity index (χ1n) is 12.1. The summed E-state index contributed by atoms with van der Waals surface area (Å²) in [5.74, 6) is -5.42. The van der Waals surface area contributed by atoms with Crippen molar-refractivity contribution in [1.82, 2.24) is 14.5 Å². The topological polar surface area (TPSA) is 110 Å². The zero-order valence-electron chi connectivity index (χ0n) is 21.5. The van der Waals surface area contributed by atoms with Gasteiger partial charge in [0.1, 0.15) is 4.83 Å². The molecular weight excluding hydrogens is 573 g/mol. The number of fused-ring (bicyclic) bond motifs is 1. The first-order valence-corrected chi connectivity index (χ1v) is 12.9. The lowest BCUT2D eigenvalue weighted by Gasteiger charge is -2.18. The SMILES string of the molecule is CCC(F)(F)c1cc(CNC(=O)c2cc3c(=O)n(Cc4ccc(C(=O)O)cc4)c(=O)n(C)c3s2)cc(C(F)(F)F)c1. The van der Waals surface area contributed by atoms with Gasteiger partial charge in [-0.2, -0.15) is 13.2 Å². The maximum atomic E-state index is 14.2. The Labute approximate surface area is 232 Å². The summed E-state index contributed by atoms with van der Waals surface area (Å²) in [6.07, 6.45) is -5.60. The average molecular weight is 596 g/mol. The Hall–Kier alpha value is -4.33. The van der Waals surface area contributed by atoms with Crippen molar-refractivity contribution in [2.75, 3.05) is 0 Å². The first-order chi connectivity index (χ1) is 19.1. The summed E-state index contributed by atoms with van der Waals surface area (Å²) in [7, 11) is 1.39. The molecule has 41 heavy (non-hydrogen) atoms. The Morgan fingerprint density at radius 1 is 0.951 bits per heavy atom. The Kier molecular flexibility index (Phi) is 7.89. The van der Waals surface area contributed by atoms with Crippen molar-refractivity contribution in [3.63, 3.8) is 0 Å². The maximum absolute atomic E-state index is 14.2. The molecule has 0 aliphatic carbocycles. The first kappa shape index (κ1) is 29.6. The molecule has 0 radical (unpaired) electrons. The molecule has 2 heterocycles. The Bertz CT molecular complexity index is 1770. The third kappa shape index (κ3) is 6.06. The van der Waals surface area contributed by atoms with Crippen molar-refractivity contribution in [1.29, 1.82) is 0 Å². The number of aryl methyl sites for hydroxylation is 1. The lowest BCUT2D eigenvalue weighted by molar-refractivity contribution is -0.137. The van der Waals surface area contributed by atoms with Gasteiger partial charge in [-0.25, -0.2) is 18.4 Å². The summed E-state index contributed by atoms with van der Waals surface area (Å²) in [5.41, 5.74) is -3.18. The number of nitrogens with zero attached hydrogens (tertiary/aromatic N) is 2. The van der Waals surface area contributed by atoms with Crippen LogP contribution in [0.15, 0.2) is 58.1 Å². The van der Waals surface area contributed by atoms with Crippen molar-refractivity contribution in [2.45, 2.75) is 38.5 Å². The molecule has 0 unspecified atom stereocenters. The Balaban J connectivity index is 1.62. The average Bonchev–Trinajstić information content (AvgIpc) is 3.38. The number of aromatic nitrogens is 2. The number of nitrogens with one attached hydrogen (secondary N) is 1. The number of hydrogen-bond acceptors (Lipinski definition) is 5. The summed E-state index contributed by atoms with van der Waals surface area (Å²) in [4.78, 5) is 50.1. The number of carbonyl (C=O) groups is 2. The van der Waals surface area contributed by atoms with E-state index in [0.717, 1.165) is 33.5 Å². The Morgan fingerprint density at radius 2 is 1.59 bits per heavy atom. The summed E-state index contributed by atoms with van der Waals surface area (Å²) in [6.45, 7) is 0.470. The monoisotopic (exact) mass is 595 g/mol. The summed E-state index contributed by atoms with van der Waals surface area (Å²) in [5, 5.41) is 11.5. The molecule has 2 N–H and O–H groups in total. The van der Waals surface area contributed by atoms with Crippen LogP contribution in [0.25, 0.3) is 10.2 Å². The van der Waals surface area contributed by atoms with Gasteiger partial charge >= 0.3 is 17.8 Å². The van der Waals surface area contributed by atoms with Crippen molar-refractivity contribution >= 4 is 33.4 Å². The zero-order valence-corrected chi connectivity index (χ0v) is 22.3. The number of carbonyl (C=O) groups excluding carboxylic acids is 1.